The summed E-state index contributed by atoms with van der Waals surface area (Å²) >= 11 is 1.41. The van der Waals surface area contributed by atoms with Crippen LogP contribution < -0.4 is 4.90 Å². The highest BCUT2D eigenvalue weighted by molar-refractivity contribution is 7.98. The summed E-state index contributed by atoms with van der Waals surface area (Å²) in [5, 5.41) is 0. The highest BCUT2D eigenvalue weighted by Crippen LogP contribution is 2.40. The van der Waals surface area contributed by atoms with E-state index in [2.05, 4.69) is 12.1 Å². The van der Waals surface area contributed by atoms with E-state index in [0.29, 0.717) is 11.3 Å². The summed E-state index contributed by atoms with van der Waals surface area (Å²) in [7, 11) is 0. The summed E-state index contributed by atoms with van der Waals surface area (Å²) in [5.41, 5.74) is 5.60. The topological polar surface area (TPSA) is 20.3 Å². The van der Waals surface area contributed by atoms with E-state index >= 15 is 0 Å². The fourth-order valence-electron chi connectivity index (χ4n) is 3.49. The van der Waals surface area contributed by atoms with Crippen LogP contribution in [0, 0.1) is 5.82 Å². The molecule has 2 nitrogen and oxygen atoms in total. The number of thioether (sulfide) groups is 1. The summed E-state index contributed by atoms with van der Waals surface area (Å²) < 4.78 is 13.7. The van der Waals surface area contributed by atoms with Crippen molar-refractivity contribution in [3.63, 3.8) is 0 Å². The second-order valence-electron chi connectivity index (χ2n) is 5.82. The van der Waals surface area contributed by atoms with Gasteiger partial charge in [-0.1, -0.05) is 6.07 Å². The Morgan fingerprint density at radius 3 is 2.77 bits per heavy atom. The van der Waals surface area contributed by atoms with Gasteiger partial charge in [-0.25, -0.2) is 4.39 Å². The molecule has 0 saturated heterocycles. The van der Waals surface area contributed by atoms with Gasteiger partial charge in [-0.3, -0.25) is 4.79 Å². The number of hydrogen-bond acceptors (Lipinski definition) is 2. The predicted octanol–water partition coefficient (Wildman–Crippen LogP) is 4.05. The van der Waals surface area contributed by atoms with Crippen LogP contribution in [0.2, 0.25) is 0 Å². The monoisotopic (exact) mass is 313 g/mol. The molecule has 112 valence electrons. The summed E-state index contributed by atoms with van der Waals surface area (Å²) in [6.45, 7) is 0.839. The van der Waals surface area contributed by atoms with Crippen LogP contribution in [0.5, 0.6) is 0 Å². The molecule has 22 heavy (non-hydrogen) atoms. The van der Waals surface area contributed by atoms with Crippen molar-refractivity contribution in [1.82, 2.24) is 0 Å². The number of halogens is 1. The molecule has 4 rings (SSSR count). The Hall–Kier alpha value is -1.81. The van der Waals surface area contributed by atoms with Crippen molar-refractivity contribution < 1.29 is 9.18 Å². The summed E-state index contributed by atoms with van der Waals surface area (Å²) in [6.07, 6.45) is 4.40. The molecule has 2 aliphatic heterocycles. The molecule has 2 aromatic carbocycles. The van der Waals surface area contributed by atoms with Gasteiger partial charge in [0.05, 0.1) is 12.1 Å². The van der Waals surface area contributed by atoms with Gasteiger partial charge in [-0.15, -0.1) is 11.8 Å². The molecule has 0 unspecified atom stereocenters. The first-order chi connectivity index (χ1) is 10.7. The zero-order valence-electron chi connectivity index (χ0n) is 12.4. The molecular formula is C18H16FNOS. The van der Waals surface area contributed by atoms with Crippen molar-refractivity contribution in [3.8, 4) is 11.1 Å². The lowest BCUT2D eigenvalue weighted by molar-refractivity contribution is -0.117. The number of carbonyl (C=O) groups excluding carboxylic acids is 1. The van der Waals surface area contributed by atoms with Gasteiger partial charge in [-0.2, -0.15) is 0 Å². The predicted molar refractivity (Wildman–Crippen MR) is 88.0 cm³/mol. The number of rotatable bonds is 2. The Bertz CT molecular complexity index is 787. The third-order valence-corrected chi connectivity index (χ3v) is 5.25. The number of anilines is 1. The Morgan fingerprint density at radius 2 is 1.95 bits per heavy atom. The molecule has 0 atom stereocenters. The van der Waals surface area contributed by atoms with Crippen molar-refractivity contribution in [2.24, 2.45) is 0 Å². The molecule has 0 fully saturated rings. The molecule has 2 aromatic rings. The Morgan fingerprint density at radius 1 is 1.14 bits per heavy atom. The van der Waals surface area contributed by atoms with Gasteiger partial charge in [0.25, 0.3) is 0 Å². The van der Waals surface area contributed by atoms with Gasteiger partial charge in [-0.05, 0) is 65.6 Å². The standard InChI is InChI=1S/C18H16FNOS/c1-22-16-9-11(4-5-15(16)19)13-7-12-3-2-6-20-17(21)10-14(8-13)18(12)20/h4-5,7-9H,2-3,6,10H2,1H3. The zero-order chi connectivity index (χ0) is 15.3. The summed E-state index contributed by atoms with van der Waals surface area (Å²) in [5.74, 6) is 0.0251. The van der Waals surface area contributed by atoms with E-state index in [1.807, 2.05) is 23.3 Å². The molecule has 0 aliphatic carbocycles. The fraction of sp³-hybridized carbons (Fsp3) is 0.278. The Labute approximate surface area is 133 Å². The van der Waals surface area contributed by atoms with Gasteiger partial charge in [0, 0.05) is 11.4 Å². The smallest absolute Gasteiger partial charge is 0.231 e. The van der Waals surface area contributed by atoms with Gasteiger partial charge in [0.2, 0.25) is 5.91 Å². The van der Waals surface area contributed by atoms with E-state index in [-0.39, 0.29) is 11.7 Å². The van der Waals surface area contributed by atoms with Gasteiger partial charge in [0.1, 0.15) is 5.82 Å². The minimum atomic E-state index is -0.180. The molecule has 2 aliphatic rings. The van der Waals surface area contributed by atoms with Crippen LogP contribution in [0.15, 0.2) is 35.2 Å². The Balaban J connectivity index is 1.85. The van der Waals surface area contributed by atoms with Crippen LogP contribution in [0.25, 0.3) is 11.1 Å². The summed E-state index contributed by atoms with van der Waals surface area (Å²) in [6, 6.07) is 9.50. The number of carbonyl (C=O) groups is 1. The number of nitrogens with zero attached hydrogens (tertiary/aromatic N) is 1. The van der Waals surface area contributed by atoms with Crippen molar-refractivity contribution >= 4 is 23.4 Å². The largest absolute Gasteiger partial charge is 0.312 e. The van der Waals surface area contributed by atoms with Gasteiger partial charge >= 0.3 is 0 Å². The van der Waals surface area contributed by atoms with Crippen molar-refractivity contribution in [2.45, 2.75) is 24.2 Å². The third-order valence-electron chi connectivity index (χ3n) is 4.49. The van der Waals surface area contributed by atoms with Gasteiger partial charge in [0.15, 0.2) is 0 Å². The van der Waals surface area contributed by atoms with Crippen LogP contribution in [0.1, 0.15) is 17.5 Å². The van der Waals surface area contributed by atoms with Crippen LogP contribution >= 0.6 is 11.8 Å². The average molecular weight is 313 g/mol. The normalized spacial score (nSPS) is 16.1. The van der Waals surface area contributed by atoms with Crippen LogP contribution in [0.3, 0.4) is 0 Å². The zero-order valence-corrected chi connectivity index (χ0v) is 13.2. The Kier molecular flexibility index (Phi) is 3.22. The van der Waals surface area contributed by atoms with Crippen LogP contribution in [0.4, 0.5) is 10.1 Å². The second-order valence-corrected chi connectivity index (χ2v) is 6.67. The van der Waals surface area contributed by atoms with Gasteiger partial charge < -0.3 is 4.90 Å². The molecule has 1 amide bonds. The first-order valence-corrected chi connectivity index (χ1v) is 8.70. The van der Waals surface area contributed by atoms with E-state index in [0.717, 1.165) is 41.8 Å². The average Bonchev–Trinajstić information content (AvgIpc) is 2.85. The number of benzene rings is 2. The molecule has 0 aromatic heterocycles. The minimum Gasteiger partial charge on any atom is -0.312 e. The maximum absolute atomic E-state index is 13.7. The number of amides is 1. The summed E-state index contributed by atoms with van der Waals surface area (Å²) in [4.78, 5) is 14.7. The van der Waals surface area contributed by atoms with Crippen molar-refractivity contribution in [3.05, 3.63) is 47.3 Å². The van der Waals surface area contributed by atoms with Crippen LogP contribution in [-0.2, 0) is 17.6 Å². The molecule has 0 bridgehead atoms. The lowest BCUT2D eigenvalue weighted by Gasteiger charge is -2.26. The molecule has 0 radical (unpaired) electrons. The maximum atomic E-state index is 13.7. The van der Waals surface area contributed by atoms with E-state index in [1.165, 1.54) is 23.4 Å². The highest BCUT2D eigenvalue weighted by atomic mass is 32.2. The molecular weight excluding hydrogens is 297 g/mol. The van der Waals surface area contributed by atoms with E-state index in [1.54, 1.807) is 0 Å². The SMILES string of the molecule is CSc1cc(-c2cc3c4c(c2)CC(=O)N4CCC3)ccc1F. The van der Waals surface area contributed by atoms with Crippen LogP contribution in [-0.4, -0.2) is 18.7 Å². The molecule has 0 saturated carbocycles. The highest BCUT2D eigenvalue weighted by Gasteiger charge is 2.32. The lowest BCUT2D eigenvalue weighted by atomic mass is 9.94. The minimum absolute atomic E-state index is 0.180. The maximum Gasteiger partial charge on any atom is 0.231 e. The number of aryl methyl sites for hydroxylation is 1. The first-order valence-electron chi connectivity index (χ1n) is 7.47. The van der Waals surface area contributed by atoms with Crippen molar-refractivity contribution in [2.75, 3.05) is 17.7 Å². The molecule has 0 spiro atoms. The van der Waals surface area contributed by atoms with E-state index in [4.69, 9.17) is 0 Å². The fourth-order valence-corrected chi connectivity index (χ4v) is 3.99. The quantitative estimate of drug-likeness (QED) is 0.780. The lowest BCUT2D eigenvalue weighted by Crippen LogP contribution is -2.31. The van der Waals surface area contributed by atoms with E-state index < -0.39 is 0 Å². The van der Waals surface area contributed by atoms with E-state index in [9.17, 15) is 9.18 Å². The molecule has 0 N–H and O–H groups in total. The third kappa shape index (κ3) is 2.05. The molecule has 2 heterocycles. The number of hydrogen-bond donors (Lipinski definition) is 0. The second kappa shape index (κ2) is 5.13. The first kappa shape index (κ1) is 13.8. The molecule has 4 heteroatoms. The van der Waals surface area contributed by atoms with Crippen molar-refractivity contribution in [1.29, 1.82) is 0 Å².